The molecule has 2 aliphatic rings. The molecule has 70 valence electrons. The predicted octanol–water partition coefficient (Wildman–Crippen LogP) is 0.303. The van der Waals surface area contributed by atoms with Gasteiger partial charge < -0.3 is 10.0 Å². The van der Waals surface area contributed by atoms with Gasteiger partial charge in [-0.05, 0) is 6.92 Å². The van der Waals surface area contributed by atoms with Gasteiger partial charge in [-0.25, -0.2) is 0 Å². The number of Topliss-reactive ketones (excluding diaryl/α,β-unsaturated/α-hetero) is 1. The van der Waals surface area contributed by atoms with E-state index in [1.165, 1.54) is 11.8 Å². The van der Waals surface area contributed by atoms with Crippen LogP contribution in [0.4, 0.5) is 0 Å². The van der Waals surface area contributed by atoms with Gasteiger partial charge in [-0.3, -0.25) is 9.59 Å². The number of rotatable bonds is 0. The second kappa shape index (κ2) is 2.77. The van der Waals surface area contributed by atoms with Gasteiger partial charge in [0.1, 0.15) is 17.4 Å². The summed E-state index contributed by atoms with van der Waals surface area (Å²) in [6, 6.07) is -0.324. The Morgan fingerprint density at radius 1 is 1.62 bits per heavy atom. The standard InChI is InChI=1S/C8H9NO3S/c1-4(10)6-7(11)5-2-13-3-9(5)8(6)12/h5,10H,2-3H2,1H3/b6-4+/t5-/m0/s1. The highest BCUT2D eigenvalue weighted by Gasteiger charge is 2.47. The molecule has 0 aromatic rings. The Morgan fingerprint density at radius 2 is 2.31 bits per heavy atom. The zero-order chi connectivity index (χ0) is 9.59. The van der Waals surface area contributed by atoms with Crippen molar-refractivity contribution in [1.82, 2.24) is 4.90 Å². The lowest BCUT2D eigenvalue weighted by molar-refractivity contribution is -0.125. The van der Waals surface area contributed by atoms with Crippen molar-refractivity contribution in [3.05, 3.63) is 11.3 Å². The second-order valence-corrected chi connectivity index (χ2v) is 4.12. The van der Waals surface area contributed by atoms with Gasteiger partial charge in [0.05, 0.1) is 5.88 Å². The van der Waals surface area contributed by atoms with Gasteiger partial charge in [-0.15, -0.1) is 11.8 Å². The third-order valence-corrected chi connectivity index (χ3v) is 3.28. The molecule has 0 bridgehead atoms. The van der Waals surface area contributed by atoms with Crippen LogP contribution in [0.5, 0.6) is 0 Å². The highest BCUT2D eigenvalue weighted by Crippen LogP contribution is 2.31. The van der Waals surface area contributed by atoms with Crippen LogP contribution >= 0.6 is 11.8 Å². The van der Waals surface area contributed by atoms with Crippen LogP contribution in [0, 0.1) is 0 Å². The summed E-state index contributed by atoms with van der Waals surface area (Å²) in [5.74, 6) is 0.511. The first-order valence-corrected chi connectivity index (χ1v) is 5.11. The first-order chi connectivity index (χ1) is 6.13. The summed E-state index contributed by atoms with van der Waals surface area (Å²) >= 11 is 1.57. The van der Waals surface area contributed by atoms with Gasteiger partial charge in [-0.2, -0.15) is 0 Å². The number of carbonyl (C=O) groups excluding carboxylic acids is 2. The number of hydrogen-bond acceptors (Lipinski definition) is 4. The molecule has 1 N–H and O–H groups in total. The Bertz CT molecular complexity index is 295. The summed E-state index contributed by atoms with van der Waals surface area (Å²) in [6.45, 7) is 1.38. The van der Waals surface area contributed by atoms with E-state index in [0.29, 0.717) is 11.6 Å². The number of allylic oxidation sites excluding steroid dienone is 1. The van der Waals surface area contributed by atoms with Crippen molar-refractivity contribution in [2.24, 2.45) is 0 Å². The van der Waals surface area contributed by atoms with Gasteiger partial charge in [0.15, 0.2) is 5.78 Å². The summed E-state index contributed by atoms with van der Waals surface area (Å²) in [6.07, 6.45) is 0. The molecule has 1 amide bonds. The van der Waals surface area contributed by atoms with Crippen molar-refractivity contribution in [2.75, 3.05) is 11.6 Å². The monoisotopic (exact) mass is 199 g/mol. The zero-order valence-electron chi connectivity index (χ0n) is 7.11. The normalized spacial score (nSPS) is 31.2. The zero-order valence-corrected chi connectivity index (χ0v) is 7.93. The van der Waals surface area contributed by atoms with Gasteiger partial charge >= 0.3 is 0 Å². The number of fused-ring (bicyclic) bond motifs is 1. The van der Waals surface area contributed by atoms with E-state index in [0.717, 1.165) is 0 Å². The molecular formula is C8H9NO3S. The van der Waals surface area contributed by atoms with E-state index in [1.54, 1.807) is 11.8 Å². The lowest BCUT2D eigenvalue weighted by Crippen LogP contribution is -2.30. The number of aliphatic hydroxyl groups is 1. The Hall–Kier alpha value is -0.970. The summed E-state index contributed by atoms with van der Waals surface area (Å²) in [7, 11) is 0. The van der Waals surface area contributed by atoms with Gasteiger partial charge in [0.2, 0.25) is 0 Å². The minimum Gasteiger partial charge on any atom is -0.512 e. The number of thioether (sulfide) groups is 1. The van der Waals surface area contributed by atoms with Crippen molar-refractivity contribution in [1.29, 1.82) is 0 Å². The molecule has 0 aliphatic carbocycles. The number of nitrogens with zero attached hydrogens (tertiary/aromatic N) is 1. The highest BCUT2D eigenvalue weighted by atomic mass is 32.2. The molecular weight excluding hydrogens is 190 g/mol. The topological polar surface area (TPSA) is 57.6 Å². The Morgan fingerprint density at radius 3 is 2.85 bits per heavy atom. The van der Waals surface area contributed by atoms with Crippen molar-refractivity contribution in [3.63, 3.8) is 0 Å². The first-order valence-electron chi connectivity index (χ1n) is 3.95. The van der Waals surface area contributed by atoms with Crippen molar-refractivity contribution in [2.45, 2.75) is 13.0 Å². The molecule has 0 unspecified atom stereocenters. The SMILES string of the molecule is C/C(O)=C1/C(=O)[C@@H]2CSCN2C1=O. The number of carbonyl (C=O) groups is 2. The molecule has 2 heterocycles. The van der Waals surface area contributed by atoms with E-state index < -0.39 is 0 Å². The lowest BCUT2D eigenvalue weighted by atomic mass is 10.1. The number of hydrogen-bond donors (Lipinski definition) is 1. The van der Waals surface area contributed by atoms with E-state index >= 15 is 0 Å². The molecule has 2 rings (SSSR count). The Kier molecular flexibility index (Phi) is 1.83. The minimum absolute atomic E-state index is 0.0229. The largest absolute Gasteiger partial charge is 0.512 e. The summed E-state index contributed by atoms with van der Waals surface area (Å²) in [4.78, 5) is 24.6. The van der Waals surface area contributed by atoms with Crippen LogP contribution in [-0.2, 0) is 9.59 Å². The van der Waals surface area contributed by atoms with Crippen molar-refractivity contribution in [3.8, 4) is 0 Å². The van der Waals surface area contributed by atoms with E-state index in [9.17, 15) is 9.59 Å². The van der Waals surface area contributed by atoms with E-state index in [4.69, 9.17) is 5.11 Å². The maximum absolute atomic E-state index is 11.5. The summed E-state index contributed by atoms with van der Waals surface area (Å²) in [5, 5.41) is 9.15. The third-order valence-electron chi connectivity index (χ3n) is 2.27. The van der Waals surface area contributed by atoms with E-state index in [-0.39, 0.29) is 29.1 Å². The van der Waals surface area contributed by atoms with Gasteiger partial charge in [-0.1, -0.05) is 0 Å². The quantitative estimate of drug-likeness (QED) is 0.346. The average Bonchev–Trinajstić information content (AvgIpc) is 2.56. The van der Waals surface area contributed by atoms with Crippen LogP contribution in [0.1, 0.15) is 6.92 Å². The third kappa shape index (κ3) is 1.07. The van der Waals surface area contributed by atoms with Crippen LogP contribution in [0.3, 0.4) is 0 Å². The molecule has 0 saturated carbocycles. The number of ketones is 1. The summed E-state index contributed by atoms with van der Waals surface area (Å²) < 4.78 is 0. The second-order valence-electron chi connectivity index (χ2n) is 3.12. The van der Waals surface area contributed by atoms with Crippen LogP contribution in [0.25, 0.3) is 0 Å². The van der Waals surface area contributed by atoms with Crippen LogP contribution in [-0.4, -0.2) is 39.4 Å². The van der Waals surface area contributed by atoms with E-state index in [2.05, 4.69) is 0 Å². The maximum atomic E-state index is 11.5. The van der Waals surface area contributed by atoms with Crippen LogP contribution < -0.4 is 0 Å². The van der Waals surface area contributed by atoms with Gasteiger partial charge in [0.25, 0.3) is 5.91 Å². The van der Waals surface area contributed by atoms with E-state index in [1.807, 2.05) is 0 Å². The predicted molar refractivity (Wildman–Crippen MR) is 48.3 cm³/mol. The molecule has 0 spiro atoms. The molecule has 0 aromatic carbocycles. The fraction of sp³-hybridized carbons (Fsp3) is 0.500. The van der Waals surface area contributed by atoms with Gasteiger partial charge in [0, 0.05) is 5.75 Å². The van der Waals surface area contributed by atoms with Crippen molar-refractivity contribution < 1.29 is 14.7 Å². The molecule has 0 radical (unpaired) electrons. The Balaban J connectivity index is 2.43. The fourth-order valence-corrected chi connectivity index (χ4v) is 2.76. The lowest BCUT2D eigenvalue weighted by Gasteiger charge is -2.09. The molecule has 13 heavy (non-hydrogen) atoms. The first kappa shape index (κ1) is 8.62. The molecule has 1 atom stereocenters. The van der Waals surface area contributed by atoms with Crippen molar-refractivity contribution >= 4 is 23.5 Å². The molecule has 2 saturated heterocycles. The van der Waals surface area contributed by atoms with Crippen LogP contribution in [0.15, 0.2) is 11.3 Å². The minimum atomic E-state index is -0.324. The summed E-state index contributed by atoms with van der Waals surface area (Å²) in [5.41, 5.74) is -0.0229. The number of amides is 1. The highest BCUT2D eigenvalue weighted by molar-refractivity contribution is 7.99. The number of aliphatic hydroxyl groups excluding tert-OH is 1. The maximum Gasteiger partial charge on any atom is 0.262 e. The smallest absolute Gasteiger partial charge is 0.262 e. The molecule has 0 aromatic heterocycles. The fourth-order valence-electron chi connectivity index (χ4n) is 1.61. The molecule has 5 heteroatoms. The van der Waals surface area contributed by atoms with Crippen LogP contribution in [0.2, 0.25) is 0 Å². The molecule has 2 aliphatic heterocycles. The molecule has 2 fully saturated rings. The Labute approximate surface area is 79.6 Å². The average molecular weight is 199 g/mol. The molecule has 4 nitrogen and oxygen atoms in total.